The molecular formula is C14H25NO4. The van der Waals surface area contributed by atoms with Gasteiger partial charge in [-0.25, -0.2) is 4.79 Å². The van der Waals surface area contributed by atoms with Crippen molar-refractivity contribution >= 4 is 12.1 Å². The van der Waals surface area contributed by atoms with E-state index >= 15 is 0 Å². The Balaban J connectivity index is 2.68. The summed E-state index contributed by atoms with van der Waals surface area (Å²) in [5, 5.41) is 0. The van der Waals surface area contributed by atoms with Gasteiger partial charge in [0, 0.05) is 13.1 Å². The minimum absolute atomic E-state index is 0.233. The summed E-state index contributed by atoms with van der Waals surface area (Å²) in [5.41, 5.74) is -1.14. The Morgan fingerprint density at radius 2 is 1.95 bits per heavy atom. The van der Waals surface area contributed by atoms with Crippen LogP contribution in [-0.4, -0.2) is 42.3 Å². The van der Waals surface area contributed by atoms with Crippen molar-refractivity contribution in [2.45, 2.75) is 53.1 Å². The van der Waals surface area contributed by atoms with Gasteiger partial charge in [-0.05, 0) is 47.5 Å². The number of ether oxygens (including phenoxy) is 2. The Labute approximate surface area is 115 Å². The standard InChI is InChI=1S/C14H25NO4/c1-6-18-11(16)14(5)8-7-9-15(10-14)12(17)19-13(2,3)4/h6-10H2,1-5H3. The van der Waals surface area contributed by atoms with Crippen molar-refractivity contribution in [1.29, 1.82) is 0 Å². The lowest BCUT2D eigenvalue weighted by Crippen LogP contribution is -2.50. The lowest BCUT2D eigenvalue weighted by atomic mass is 9.82. The summed E-state index contributed by atoms with van der Waals surface area (Å²) < 4.78 is 10.4. The Kier molecular flexibility index (Phi) is 4.82. The first-order valence-corrected chi connectivity index (χ1v) is 6.83. The van der Waals surface area contributed by atoms with Gasteiger partial charge in [-0.2, -0.15) is 0 Å². The van der Waals surface area contributed by atoms with Crippen molar-refractivity contribution in [1.82, 2.24) is 4.90 Å². The Morgan fingerprint density at radius 1 is 1.32 bits per heavy atom. The summed E-state index contributed by atoms with van der Waals surface area (Å²) in [5.74, 6) is -0.233. The van der Waals surface area contributed by atoms with Crippen molar-refractivity contribution < 1.29 is 19.1 Å². The Morgan fingerprint density at radius 3 is 2.47 bits per heavy atom. The van der Waals surface area contributed by atoms with Gasteiger partial charge in [0.1, 0.15) is 5.60 Å². The average Bonchev–Trinajstić information content (AvgIpc) is 2.27. The molecule has 5 heteroatoms. The molecule has 0 radical (unpaired) electrons. The SMILES string of the molecule is CCOC(=O)C1(C)CCCN(C(=O)OC(C)(C)C)C1. The number of esters is 1. The second kappa shape index (κ2) is 5.80. The van der Waals surface area contributed by atoms with E-state index in [1.165, 1.54) is 0 Å². The lowest BCUT2D eigenvalue weighted by molar-refractivity contribution is -0.157. The van der Waals surface area contributed by atoms with E-state index in [4.69, 9.17) is 9.47 Å². The first kappa shape index (κ1) is 15.8. The number of nitrogens with zero attached hydrogens (tertiary/aromatic N) is 1. The summed E-state index contributed by atoms with van der Waals surface area (Å²) in [6.45, 7) is 10.5. The van der Waals surface area contributed by atoms with E-state index < -0.39 is 11.0 Å². The fraction of sp³-hybridized carbons (Fsp3) is 0.857. The number of hydrogen-bond acceptors (Lipinski definition) is 4. The van der Waals surface area contributed by atoms with E-state index in [9.17, 15) is 9.59 Å². The van der Waals surface area contributed by atoms with Crippen LogP contribution in [-0.2, 0) is 14.3 Å². The molecule has 1 rings (SSSR count). The van der Waals surface area contributed by atoms with E-state index in [0.717, 1.165) is 12.8 Å². The van der Waals surface area contributed by atoms with Gasteiger partial charge in [0.15, 0.2) is 0 Å². The third kappa shape index (κ3) is 4.40. The Bertz CT molecular complexity index is 348. The van der Waals surface area contributed by atoms with Crippen LogP contribution in [0.1, 0.15) is 47.5 Å². The molecule has 1 heterocycles. The van der Waals surface area contributed by atoms with E-state index in [-0.39, 0.29) is 12.1 Å². The van der Waals surface area contributed by atoms with Crippen molar-refractivity contribution in [2.75, 3.05) is 19.7 Å². The first-order chi connectivity index (χ1) is 8.68. The molecule has 1 atom stereocenters. The fourth-order valence-electron chi connectivity index (χ4n) is 2.19. The van der Waals surface area contributed by atoms with Gasteiger partial charge in [-0.15, -0.1) is 0 Å². The van der Waals surface area contributed by atoms with Crippen LogP contribution < -0.4 is 0 Å². The van der Waals surface area contributed by atoms with Crippen molar-refractivity contribution in [3.8, 4) is 0 Å². The molecule has 1 amide bonds. The molecule has 1 unspecified atom stereocenters. The molecule has 0 bridgehead atoms. The predicted octanol–water partition coefficient (Wildman–Crippen LogP) is 2.59. The topological polar surface area (TPSA) is 55.8 Å². The summed E-state index contributed by atoms with van der Waals surface area (Å²) in [6, 6.07) is 0. The minimum Gasteiger partial charge on any atom is -0.466 e. The molecule has 0 aromatic heterocycles. The highest BCUT2D eigenvalue weighted by Crippen LogP contribution is 2.31. The first-order valence-electron chi connectivity index (χ1n) is 6.83. The molecule has 0 spiro atoms. The number of likely N-dealkylation sites (tertiary alicyclic amines) is 1. The highest BCUT2D eigenvalue weighted by atomic mass is 16.6. The number of carbonyl (C=O) groups is 2. The molecular weight excluding hydrogens is 246 g/mol. The molecule has 0 saturated carbocycles. The predicted molar refractivity (Wildman–Crippen MR) is 71.8 cm³/mol. The van der Waals surface area contributed by atoms with E-state index in [1.807, 2.05) is 27.7 Å². The molecule has 1 aliphatic rings. The van der Waals surface area contributed by atoms with Crippen LogP contribution in [0.3, 0.4) is 0 Å². The number of piperidine rings is 1. The molecule has 1 saturated heterocycles. The normalized spacial score (nSPS) is 23.9. The summed E-state index contributed by atoms with van der Waals surface area (Å²) in [4.78, 5) is 25.6. The monoisotopic (exact) mass is 271 g/mol. The third-order valence-corrected chi connectivity index (χ3v) is 3.12. The van der Waals surface area contributed by atoms with Crippen molar-refractivity contribution in [3.05, 3.63) is 0 Å². The molecule has 0 aromatic carbocycles. The van der Waals surface area contributed by atoms with Crippen LogP contribution in [0.2, 0.25) is 0 Å². The average molecular weight is 271 g/mol. The van der Waals surface area contributed by atoms with E-state index in [2.05, 4.69) is 0 Å². The summed E-state index contributed by atoms with van der Waals surface area (Å²) in [6.07, 6.45) is 1.17. The Hall–Kier alpha value is -1.26. The van der Waals surface area contributed by atoms with Crippen LogP contribution in [0.15, 0.2) is 0 Å². The van der Waals surface area contributed by atoms with Gasteiger partial charge < -0.3 is 14.4 Å². The molecule has 0 aromatic rings. The zero-order chi connectivity index (χ0) is 14.7. The number of amides is 1. The zero-order valence-corrected chi connectivity index (χ0v) is 12.6. The summed E-state index contributed by atoms with van der Waals surface area (Å²) >= 11 is 0. The van der Waals surface area contributed by atoms with Gasteiger partial charge in [0.25, 0.3) is 0 Å². The van der Waals surface area contributed by atoms with Gasteiger partial charge in [-0.1, -0.05) is 0 Å². The van der Waals surface area contributed by atoms with Gasteiger partial charge in [-0.3, -0.25) is 4.79 Å². The maximum atomic E-state index is 12.0. The third-order valence-electron chi connectivity index (χ3n) is 3.12. The molecule has 0 N–H and O–H groups in total. The highest BCUT2D eigenvalue weighted by Gasteiger charge is 2.41. The largest absolute Gasteiger partial charge is 0.466 e. The number of carbonyl (C=O) groups excluding carboxylic acids is 2. The molecule has 1 fully saturated rings. The van der Waals surface area contributed by atoms with Crippen LogP contribution in [0, 0.1) is 5.41 Å². The van der Waals surface area contributed by atoms with Crippen molar-refractivity contribution in [3.63, 3.8) is 0 Å². The van der Waals surface area contributed by atoms with Crippen LogP contribution >= 0.6 is 0 Å². The minimum atomic E-state index is -0.620. The van der Waals surface area contributed by atoms with Crippen LogP contribution in [0.4, 0.5) is 4.79 Å². The second-order valence-electron chi connectivity index (χ2n) is 6.29. The quantitative estimate of drug-likeness (QED) is 0.724. The van der Waals surface area contributed by atoms with Crippen molar-refractivity contribution in [2.24, 2.45) is 5.41 Å². The smallest absolute Gasteiger partial charge is 0.410 e. The fourth-order valence-corrected chi connectivity index (χ4v) is 2.19. The summed E-state index contributed by atoms with van der Waals surface area (Å²) in [7, 11) is 0. The number of rotatable bonds is 2. The maximum Gasteiger partial charge on any atom is 0.410 e. The zero-order valence-electron chi connectivity index (χ0n) is 12.6. The van der Waals surface area contributed by atoms with Crippen LogP contribution in [0.25, 0.3) is 0 Å². The molecule has 0 aliphatic carbocycles. The second-order valence-corrected chi connectivity index (χ2v) is 6.29. The molecule has 5 nitrogen and oxygen atoms in total. The van der Waals surface area contributed by atoms with E-state index in [1.54, 1.807) is 11.8 Å². The van der Waals surface area contributed by atoms with Gasteiger partial charge in [0.2, 0.25) is 0 Å². The molecule has 19 heavy (non-hydrogen) atoms. The number of hydrogen-bond donors (Lipinski definition) is 0. The molecule has 1 aliphatic heterocycles. The maximum absolute atomic E-state index is 12.0. The van der Waals surface area contributed by atoms with Crippen LogP contribution in [0.5, 0.6) is 0 Å². The highest BCUT2D eigenvalue weighted by molar-refractivity contribution is 5.78. The van der Waals surface area contributed by atoms with Gasteiger partial charge in [0.05, 0.1) is 12.0 Å². The van der Waals surface area contributed by atoms with Gasteiger partial charge >= 0.3 is 12.1 Å². The van der Waals surface area contributed by atoms with E-state index in [0.29, 0.717) is 19.7 Å². The lowest BCUT2D eigenvalue weighted by Gasteiger charge is -2.38. The molecule has 110 valence electrons.